The standard InChI is InChI=1S/C14H19F3N2O2S/c15-14(16,17)11-1-4-19(5-2-11)8-13(21)18-7-12(20)10-3-6-22-9-10/h3,6,9,11-12,20H,1-2,4-5,7-8H2,(H,18,21). The van der Waals surface area contributed by atoms with Gasteiger partial charge in [0, 0.05) is 6.54 Å². The molecular weight excluding hydrogens is 317 g/mol. The van der Waals surface area contributed by atoms with Crippen molar-refractivity contribution < 1.29 is 23.1 Å². The van der Waals surface area contributed by atoms with E-state index in [1.807, 2.05) is 5.38 Å². The van der Waals surface area contributed by atoms with E-state index in [1.54, 1.807) is 16.3 Å². The van der Waals surface area contributed by atoms with Gasteiger partial charge in [-0.2, -0.15) is 24.5 Å². The monoisotopic (exact) mass is 336 g/mol. The fraction of sp³-hybridized carbons (Fsp3) is 0.643. The summed E-state index contributed by atoms with van der Waals surface area (Å²) < 4.78 is 37.7. The zero-order chi connectivity index (χ0) is 16.2. The number of halogens is 3. The predicted octanol–water partition coefficient (Wildman–Crippen LogP) is 2.17. The van der Waals surface area contributed by atoms with Crippen LogP contribution in [-0.2, 0) is 4.79 Å². The highest BCUT2D eigenvalue weighted by molar-refractivity contribution is 7.07. The molecule has 1 aromatic rings. The van der Waals surface area contributed by atoms with Crippen molar-refractivity contribution >= 4 is 17.2 Å². The summed E-state index contributed by atoms with van der Waals surface area (Å²) >= 11 is 1.46. The largest absolute Gasteiger partial charge is 0.391 e. The minimum absolute atomic E-state index is 0.0360. The number of thiophene rings is 1. The maximum Gasteiger partial charge on any atom is 0.391 e. The third-order valence-electron chi connectivity index (χ3n) is 3.84. The highest BCUT2D eigenvalue weighted by Gasteiger charge is 2.41. The average Bonchev–Trinajstić information content (AvgIpc) is 2.98. The summed E-state index contributed by atoms with van der Waals surface area (Å²) in [5.74, 6) is -1.54. The van der Waals surface area contributed by atoms with E-state index in [2.05, 4.69) is 5.32 Å². The molecule has 2 heterocycles. The fourth-order valence-corrected chi connectivity index (χ4v) is 3.18. The van der Waals surface area contributed by atoms with Crippen molar-refractivity contribution in [1.29, 1.82) is 0 Å². The molecular formula is C14H19F3N2O2S. The van der Waals surface area contributed by atoms with Crippen molar-refractivity contribution in [2.75, 3.05) is 26.2 Å². The zero-order valence-corrected chi connectivity index (χ0v) is 12.8. The Bertz CT molecular complexity index is 471. The summed E-state index contributed by atoms with van der Waals surface area (Å²) in [5.41, 5.74) is 0.747. The molecule has 22 heavy (non-hydrogen) atoms. The number of amides is 1. The van der Waals surface area contributed by atoms with E-state index >= 15 is 0 Å². The minimum atomic E-state index is -4.14. The van der Waals surface area contributed by atoms with Gasteiger partial charge in [-0.05, 0) is 48.3 Å². The lowest BCUT2D eigenvalue weighted by Crippen LogP contribution is -2.44. The molecule has 0 aromatic carbocycles. The molecule has 0 radical (unpaired) electrons. The van der Waals surface area contributed by atoms with Crippen LogP contribution in [0.15, 0.2) is 16.8 Å². The molecule has 0 bridgehead atoms. The fourth-order valence-electron chi connectivity index (χ4n) is 2.47. The maximum absolute atomic E-state index is 12.6. The Hall–Kier alpha value is -1.12. The lowest BCUT2D eigenvalue weighted by Gasteiger charge is -2.32. The first-order chi connectivity index (χ1) is 10.4. The Morgan fingerprint density at radius 2 is 2.14 bits per heavy atom. The molecule has 1 aromatic heterocycles. The highest BCUT2D eigenvalue weighted by Crippen LogP contribution is 2.33. The first-order valence-electron chi connectivity index (χ1n) is 7.12. The molecule has 1 atom stereocenters. The summed E-state index contributed by atoms with van der Waals surface area (Å²) in [4.78, 5) is 13.5. The van der Waals surface area contributed by atoms with Crippen LogP contribution in [0.1, 0.15) is 24.5 Å². The minimum Gasteiger partial charge on any atom is -0.387 e. The van der Waals surface area contributed by atoms with Gasteiger partial charge in [0.1, 0.15) is 0 Å². The van der Waals surface area contributed by atoms with Gasteiger partial charge >= 0.3 is 6.18 Å². The number of carbonyl (C=O) groups excluding carboxylic acids is 1. The van der Waals surface area contributed by atoms with Gasteiger partial charge < -0.3 is 10.4 Å². The summed E-state index contributed by atoms with van der Waals surface area (Å²) in [6.45, 7) is 0.713. The second-order valence-corrected chi connectivity index (χ2v) is 6.25. The van der Waals surface area contributed by atoms with Crippen LogP contribution in [0.5, 0.6) is 0 Å². The molecule has 2 N–H and O–H groups in total. The molecule has 4 nitrogen and oxygen atoms in total. The van der Waals surface area contributed by atoms with Crippen molar-refractivity contribution in [2.24, 2.45) is 5.92 Å². The Morgan fingerprint density at radius 3 is 2.68 bits per heavy atom. The van der Waals surface area contributed by atoms with Crippen LogP contribution >= 0.6 is 11.3 Å². The smallest absolute Gasteiger partial charge is 0.387 e. The predicted molar refractivity (Wildman–Crippen MR) is 77.5 cm³/mol. The Labute approximate surface area is 130 Å². The van der Waals surface area contributed by atoms with Gasteiger partial charge in [0.2, 0.25) is 5.91 Å². The third kappa shape index (κ3) is 4.96. The van der Waals surface area contributed by atoms with Crippen LogP contribution in [0.2, 0.25) is 0 Å². The summed E-state index contributed by atoms with van der Waals surface area (Å²) in [6.07, 6.45) is -4.83. The number of aliphatic hydroxyl groups excluding tert-OH is 1. The highest BCUT2D eigenvalue weighted by atomic mass is 32.1. The number of carbonyl (C=O) groups is 1. The van der Waals surface area contributed by atoms with Gasteiger partial charge in [-0.25, -0.2) is 0 Å². The number of nitrogens with zero attached hydrogens (tertiary/aromatic N) is 1. The molecule has 2 rings (SSSR count). The van der Waals surface area contributed by atoms with Crippen LogP contribution in [0, 0.1) is 5.92 Å². The number of hydrogen-bond donors (Lipinski definition) is 2. The summed E-state index contributed by atoms with van der Waals surface area (Å²) in [7, 11) is 0. The molecule has 1 unspecified atom stereocenters. The number of likely N-dealkylation sites (tertiary alicyclic amines) is 1. The van der Waals surface area contributed by atoms with Gasteiger partial charge in [0.05, 0.1) is 18.6 Å². The van der Waals surface area contributed by atoms with Crippen molar-refractivity contribution in [3.05, 3.63) is 22.4 Å². The molecule has 0 spiro atoms. The van der Waals surface area contributed by atoms with E-state index in [1.165, 1.54) is 11.3 Å². The second kappa shape index (κ2) is 7.43. The number of hydrogen-bond acceptors (Lipinski definition) is 4. The van der Waals surface area contributed by atoms with E-state index in [0.717, 1.165) is 5.56 Å². The molecule has 1 amide bonds. The SMILES string of the molecule is O=C(CN1CCC(C(F)(F)F)CC1)NCC(O)c1ccsc1. The first kappa shape index (κ1) is 17.2. The maximum atomic E-state index is 12.6. The topological polar surface area (TPSA) is 52.6 Å². The lowest BCUT2D eigenvalue weighted by atomic mass is 9.96. The molecule has 0 aliphatic carbocycles. The van der Waals surface area contributed by atoms with Gasteiger partial charge in [0.25, 0.3) is 0 Å². The van der Waals surface area contributed by atoms with Gasteiger partial charge in [0.15, 0.2) is 0 Å². The molecule has 1 fully saturated rings. The molecule has 8 heteroatoms. The summed E-state index contributed by atoms with van der Waals surface area (Å²) in [5, 5.41) is 16.1. The van der Waals surface area contributed by atoms with Crippen LogP contribution < -0.4 is 5.32 Å². The Kier molecular flexibility index (Phi) is 5.82. The van der Waals surface area contributed by atoms with E-state index in [0.29, 0.717) is 0 Å². The second-order valence-electron chi connectivity index (χ2n) is 5.47. The quantitative estimate of drug-likeness (QED) is 0.866. The van der Waals surface area contributed by atoms with Gasteiger partial charge in [-0.15, -0.1) is 0 Å². The van der Waals surface area contributed by atoms with Gasteiger partial charge in [-0.1, -0.05) is 0 Å². The molecule has 1 saturated heterocycles. The third-order valence-corrected chi connectivity index (χ3v) is 4.54. The lowest BCUT2D eigenvalue weighted by molar-refractivity contribution is -0.185. The van der Waals surface area contributed by atoms with Crippen LogP contribution in [-0.4, -0.2) is 48.3 Å². The van der Waals surface area contributed by atoms with Crippen LogP contribution in [0.25, 0.3) is 0 Å². The Balaban J connectivity index is 1.68. The molecule has 124 valence electrons. The first-order valence-corrected chi connectivity index (χ1v) is 8.06. The number of nitrogens with one attached hydrogen (secondary N) is 1. The normalized spacial score (nSPS) is 19.1. The average molecular weight is 336 g/mol. The number of aliphatic hydroxyl groups is 1. The molecule has 0 saturated carbocycles. The number of piperidine rings is 1. The van der Waals surface area contributed by atoms with Gasteiger partial charge in [-0.3, -0.25) is 9.69 Å². The van der Waals surface area contributed by atoms with Crippen molar-refractivity contribution in [2.45, 2.75) is 25.1 Å². The van der Waals surface area contributed by atoms with E-state index < -0.39 is 18.2 Å². The summed E-state index contributed by atoms with van der Waals surface area (Å²) in [6, 6.07) is 1.78. The Morgan fingerprint density at radius 1 is 1.45 bits per heavy atom. The van der Waals surface area contributed by atoms with E-state index in [4.69, 9.17) is 0 Å². The number of rotatable bonds is 5. The van der Waals surface area contributed by atoms with Crippen LogP contribution in [0.4, 0.5) is 13.2 Å². The van der Waals surface area contributed by atoms with Crippen molar-refractivity contribution in [3.8, 4) is 0 Å². The molecule has 1 aliphatic heterocycles. The van der Waals surface area contributed by atoms with Crippen LogP contribution in [0.3, 0.4) is 0 Å². The van der Waals surface area contributed by atoms with Crippen molar-refractivity contribution in [1.82, 2.24) is 10.2 Å². The number of alkyl halides is 3. The zero-order valence-electron chi connectivity index (χ0n) is 12.0. The van der Waals surface area contributed by atoms with E-state index in [-0.39, 0.29) is 44.9 Å². The molecule has 1 aliphatic rings. The van der Waals surface area contributed by atoms with E-state index in [9.17, 15) is 23.1 Å². The van der Waals surface area contributed by atoms with Crippen molar-refractivity contribution in [3.63, 3.8) is 0 Å².